The molecule has 12 heteroatoms. The number of halogens is 3. The van der Waals surface area contributed by atoms with Crippen LogP contribution < -0.4 is 4.74 Å². The number of ether oxygens (including phenoxy) is 1. The van der Waals surface area contributed by atoms with Crippen molar-refractivity contribution in [2.24, 2.45) is 0 Å². The van der Waals surface area contributed by atoms with Crippen molar-refractivity contribution >= 4 is 20.8 Å². The monoisotopic (exact) mass is 517 g/mol. The molecule has 8 nitrogen and oxygen atoms in total. The van der Waals surface area contributed by atoms with Gasteiger partial charge in [-0.15, -0.1) is 0 Å². The summed E-state index contributed by atoms with van der Waals surface area (Å²) in [6, 6.07) is 15.0. The molecule has 0 bridgehead atoms. The SMILES string of the molecule is N#Cc1ccc2cc(OC3CN(S(=O)(=O)c4ccc(C(F)(F)F)cc4C#N)C[C@@]3(O)CO)ccc2c1. The van der Waals surface area contributed by atoms with Gasteiger partial charge in [-0.3, -0.25) is 0 Å². The smallest absolute Gasteiger partial charge is 0.416 e. The first-order chi connectivity index (χ1) is 16.9. The van der Waals surface area contributed by atoms with Crippen molar-refractivity contribution < 1.29 is 36.5 Å². The van der Waals surface area contributed by atoms with Crippen LogP contribution in [0.25, 0.3) is 10.8 Å². The van der Waals surface area contributed by atoms with E-state index < -0.39 is 63.6 Å². The summed E-state index contributed by atoms with van der Waals surface area (Å²) in [5.41, 5.74) is -3.44. The number of benzene rings is 3. The number of alkyl halides is 3. The van der Waals surface area contributed by atoms with Crippen LogP contribution in [0.4, 0.5) is 13.2 Å². The highest BCUT2D eigenvalue weighted by Gasteiger charge is 2.51. The van der Waals surface area contributed by atoms with Crippen molar-refractivity contribution in [2.45, 2.75) is 22.8 Å². The molecular formula is C24H18F3N3O5S. The van der Waals surface area contributed by atoms with Crippen LogP contribution in [0.15, 0.2) is 59.5 Å². The van der Waals surface area contributed by atoms with Gasteiger partial charge in [-0.1, -0.05) is 12.1 Å². The molecule has 186 valence electrons. The molecule has 2 atom stereocenters. The average molecular weight is 517 g/mol. The first-order valence-corrected chi connectivity index (χ1v) is 11.9. The molecule has 1 heterocycles. The van der Waals surface area contributed by atoms with E-state index in [4.69, 9.17) is 10.00 Å². The highest BCUT2D eigenvalue weighted by atomic mass is 32.2. The van der Waals surface area contributed by atoms with Gasteiger partial charge >= 0.3 is 6.18 Å². The molecule has 0 aromatic heterocycles. The molecule has 3 aromatic carbocycles. The lowest BCUT2D eigenvalue weighted by Crippen LogP contribution is -2.48. The fourth-order valence-corrected chi connectivity index (χ4v) is 5.62. The largest absolute Gasteiger partial charge is 0.486 e. The predicted octanol–water partition coefficient (Wildman–Crippen LogP) is 2.78. The Kier molecular flexibility index (Phi) is 6.41. The molecule has 4 rings (SSSR count). The quantitative estimate of drug-likeness (QED) is 0.531. The van der Waals surface area contributed by atoms with E-state index in [1.165, 1.54) is 6.07 Å². The number of rotatable bonds is 5. The lowest BCUT2D eigenvalue weighted by Gasteiger charge is -2.27. The molecule has 0 spiro atoms. The molecule has 0 aliphatic carbocycles. The van der Waals surface area contributed by atoms with Gasteiger partial charge in [0.05, 0.1) is 40.8 Å². The minimum absolute atomic E-state index is 0.260. The van der Waals surface area contributed by atoms with Crippen molar-refractivity contribution in [1.82, 2.24) is 4.31 Å². The maximum absolute atomic E-state index is 13.2. The minimum atomic E-state index is -4.77. The summed E-state index contributed by atoms with van der Waals surface area (Å²) < 4.78 is 72.1. The average Bonchev–Trinajstić information content (AvgIpc) is 3.20. The third kappa shape index (κ3) is 4.59. The second-order valence-electron chi connectivity index (χ2n) is 8.32. The molecular weight excluding hydrogens is 499 g/mol. The van der Waals surface area contributed by atoms with Crippen LogP contribution in [0, 0.1) is 22.7 Å². The summed E-state index contributed by atoms with van der Waals surface area (Å²) >= 11 is 0. The lowest BCUT2D eigenvalue weighted by atomic mass is 10.0. The van der Waals surface area contributed by atoms with Gasteiger partial charge in [0.15, 0.2) is 0 Å². The maximum atomic E-state index is 13.2. The maximum Gasteiger partial charge on any atom is 0.416 e. The van der Waals surface area contributed by atoms with Gasteiger partial charge in [0, 0.05) is 6.54 Å². The number of hydrogen-bond donors (Lipinski definition) is 2. The summed E-state index contributed by atoms with van der Waals surface area (Å²) in [6.07, 6.45) is -6.00. The summed E-state index contributed by atoms with van der Waals surface area (Å²) in [6.45, 7) is -1.90. The van der Waals surface area contributed by atoms with E-state index >= 15 is 0 Å². The van der Waals surface area contributed by atoms with Gasteiger partial charge in [0.25, 0.3) is 0 Å². The van der Waals surface area contributed by atoms with Crippen LogP contribution in [0.2, 0.25) is 0 Å². The van der Waals surface area contributed by atoms with E-state index in [0.717, 1.165) is 9.69 Å². The standard InChI is InChI=1S/C24H18F3N3O5S/c25-24(26,27)19-4-6-21(18(8-19)11-29)36(33,34)30-12-22(23(32,13-30)14-31)35-20-5-3-16-7-15(10-28)1-2-17(16)9-20/h1-9,22,31-32H,12-14H2/t22?,23-/m1/s1. The van der Waals surface area contributed by atoms with Crippen molar-refractivity contribution in [3.05, 3.63) is 71.3 Å². The molecule has 0 radical (unpaired) electrons. The zero-order chi connectivity index (χ0) is 26.3. The number of nitriles is 2. The lowest BCUT2D eigenvalue weighted by molar-refractivity contribution is -0.137. The molecule has 1 saturated heterocycles. The molecule has 1 aliphatic rings. The van der Waals surface area contributed by atoms with E-state index in [9.17, 15) is 37.1 Å². The number of fused-ring (bicyclic) bond motifs is 1. The molecule has 1 fully saturated rings. The number of sulfonamides is 1. The van der Waals surface area contributed by atoms with Gasteiger partial charge in [-0.05, 0) is 53.2 Å². The van der Waals surface area contributed by atoms with Gasteiger partial charge in [0.1, 0.15) is 23.5 Å². The summed E-state index contributed by atoms with van der Waals surface area (Å²) in [5, 5.41) is 40.5. The van der Waals surface area contributed by atoms with E-state index in [-0.39, 0.29) is 5.75 Å². The highest BCUT2D eigenvalue weighted by molar-refractivity contribution is 7.89. The fourth-order valence-electron chi connectivity index (χ4n) is 4.00. The Balaban J connectivity index is 1.64. The number of aliphatic hydroxyl groups is 2. The Morgan fingerprint density at radius 1 is 1.06 bits per heavy atom. The number of β-amino-alcohol motifs (C(OH)–C–C–N with tert-alkyl or cyclic N) is 1. The first kappa shape index (κ1) is 25.4. The van der Waals surface area contributed by atoms with Crippen LogP contribution in [0.1, 0.15) is 16.7 Å². The first-order valence-electron chi connectivity index (χ1n) is 10.5. The molecule has 1 aliphatic heterocycles. The van der Waals surface area contributed by atoms with E-state index in [2.05, 4.69) is 0 Å². The van der Waals surface area contributed by atoms with Gasteiger partial charge in [-0.25, -0.2) is 8.42 Å². The van der Waals surface area contributed by atoms with Crippen LogP contribution >= 0.6 is 0 Å². The van der Waals surface area contributed by atoms with Gasteiger partial charge in [0.2, 0.25) is 10.0 Å². The van der Waals surface area contributed by atoms with Crippen LogP contribution in [0.3, 0.4) is 0 Å². The highest BCUT2D eigenvalue weighted by Crippen LogP contribution is 2.35. The normalized spacial score (nSPS) is 20.7. The van der Waals surface area contributed by atoms with Crippen molar-refractivity contribution in [3.8, 4) is 17.9 Å². The van der Waals surface area contributed by atoms with Crippen LogP contribution in [-0.2, 0) is 16.2 Å². The molecule has 3 aromatic rings. The van der Waals surface area contributed by atoms with E-state index in [1.807, 2.05) is 6.07 Å². The molecule has 0 saturated carbocycles. The Bertz CT molecular complexity index is 1530. The Morgan fingerprint density at radius 2 is 1.75 bits per heavy atom. The van der Waals surface area contributed by atoms with Crippen LogP contribution in [-0.4, -0.2) is 54.3 Å². The minimum Gasteiger partial charge on any atom is -0.486 e. The molecule has 36 heavy (non-hydrogen) atoms. The zero-order valence-electron chi connectivity index (χ0n) is 18.4. The summed E-state index contributed by atoms with van der Waals surface area (Å²) in [4.78, 5) is -0.655. The van der Waals surface area contributed by atoms with Gasteiger partial charge in [-0.2, -0.15) is 28.0 Å². The van der Waals surface area contributed by atoms with Crippen LogP contribution in [0.5, 0.6) is 5.75 Å². The van der Waals surface area contributed by atoms with Crippen molar-refractivity contribution in [3.63, 3.8) is 0 Å². The predicted molar refractivity (Wildman–Crippen MR) is 120 cm³/mol. The Morgan fingerprint density at radius 3 is 2.39 bits per heavy atom. The molecule has 0 amide bonds. The summed E-state index contributed by atoms with van der Waals surface area (Å²) in [7, 11) is -4.53. The third-order valence-corrected chi connectivity index (χ3v) is 7.83. The molecule has 1 unspecified atom stereocenters. The Hall–Kier alpha value is -3.68. The number of aliphatic hydroxyl groups excluding tert-OH is 1. The number of nitrogens with zero attached hydrogens (tertiary/aromatic N) is 3. The van der Waals surface area contributed by atoms with E-state index in [0.29, 0.717) is 29.1 Å². The third-order valence-electron chi connectivity index (χ3n) is 5.96. The Labute approximate surface area is 204 Å². The summed E-state index contributed by atoms with van der Waals surface area (Å²) in [5.74, 6) is 0.260. The second-order valence-corrected chi connectivity index (χ2v) is 10.2. The van der Waals surface area contributed by atoms with Gasteiger partial charge < -0.3 is 14.9 Å². The van der Waals surface area contributed by atoms with Crippen molar-refractivity contribution in [2.75, 3.05) is 19.7 Å². The van der Waals surface area contributed by atoms with E-state index in [1.54, 1.807) is 36.4 Å². The van der Waals surface area contributed by atoms with Crippen molar-refractivity contribution in [1.29, 1.82) is 10.5 Å². The number of hydrogen-bond acceptors (Lipinski definition) is 7. The topological polar surface area (TPSA) is 135 Å². The zero-order valence-corrected chi connectivity index (χ0v) is 19.2. The fraction of sp³-hybridized carbons (Fsp3) is 0.250. The second kappa shape index (κ2) is 9.08. The molecule has 2 N–H and O–H groups in total.